The van der Waals surface area contributed by atoms with Crippen LogP contribution in [0.1, 0.15) is 43.7 Å². The maximum absolute atomic E-state index is 12.7. The van der Waals surface area contributed by atoms with E-state index in [1.807, 2.05) is 0 Å². The molecule has 0 amide bonds. The van der Waals surface area contributed by atoms with Gasteiger partial charge in [0.25, 0.3) is 5.56 Å². The number of fused-ring (bicyclic) bond motifs is 3. The molecular weight excluding hydrogens is 272 g/mol. The lowest BCUT2D eigenvalue weighted by Crippen LogP contribution is -2.27. The average Bonchev–Trinajstić information content (AvgIpc) is 2.76. The number of nitrogens with zero attached hydrogens (tertiary/aromatic N) is 2. The van der Waals surface area contributed by atoms with Gasteiger partial charge in [0.05, 0.1) is 17.8 Å². The van der Waals surface area contributed by atoms with Gasteiger partial charge in [-0.05, 0) is 44.6 Å². The Hall–Kier alpha value is -1.49. The number of hydrogen-bond acceptors (Lipinski definition) is 4. The van der Waals surface area contributed by atoms with Crippen molar-refractivity contribution in [2.24, 2.45) is 5.92 Å². The van der Waals surface area contributed by atoms with Crippen LogP contribution < -0.4 is 5.56 Å². The summed E-state index contributed by atoms with van der Waals surface area (Å²) in [7, 11) is 0. The number of aryl methyl sites for hydroxylation is 1. The first-order chi connectivity index (χ1) is 9.49. The zero-order valence-electron chi connectivity index (χ0n) is 12.0. The third-order valence-electron chi connectivity index (χ3n) is 4.25. The van der Waals surface area contributed by atoms with Gasteiger partial charge in [0.15, 0.2) is 5.78 Å². The van der Waals surface area contributed by atoms with Gasteiger partial charge in [0.2, 0.25) is 0 Å². The third-order valence-corrected chi connectivity index (χ3v) is 5.41. The molecule has 4 nitrogen and oxygen atoms in total. The molecule has 2 heterocycles. The Bertz CT molecular complexity index is 744. The number of hydrogen-bond donors (Lipinski definition) is 0. The summed E-state index contributed by atoms with van der Waals surface area (Å²) in [6.45, 7) is 5.50. The molecule has 0 N–H and O–H groups in total. The van der Waals surface area contributed by atoms with Gasteiger partial charge in [0, 0.05) is 4.88 Å². The summed E-state index contributed by atoms with van der Waals surface area (Å²) in [6, 6.07) is -0.447. The molecule has 0 saturated heterocycles. The van der Waals surface area contributed by atoms with E-state index >= 15 is 0 Å². The van der Waals surface area contributed by atoms with Gasteiger partial charge >= 0.3 is 0 Å². The van der Waals surface area contributed by atoms with Crippen molar-refractivity contribution in [3.8, 4) is 0 Å². The molecule has 0 aromatic carbocycles. The summed E-state index contributed by atoms with van der Waals surface area (Å²) in [5.74, 6) is 0.653. The van der Waals surface area contributed by atoms with E-state index in [0.717, 1.165) is 29.5 Å². The Kier molecular flexibility index (Phi) is 3.24. The van der Waals surface area contributed by atoms with E-state index < -0.39 is 6.04 Å². The van der Waals surface area contributed by atoms with E-state index in [2.05, 4.69) is 11.9 Å². The maximum atomic E-state index is 12.7. The summed E-state index contributed by atoms with van der Waals surface area (Å²) >= 11 is 1.64. The maximum Gasteiger partial charge on any atom is 0.263 e. The van der Waals surface area contributed by atoms with Crippen molar-refractivity contribution >= 4 is 27.3 Å². The van der Waals surface area contributed by atoms with Crippen LogP contribution in [0, 0.1) is 5.92 Å². The van der Waals surface area contributed by atoms with E-state index in [9.17, 15) is 9.59 Å². The van der Waals surface area contributed by atoms with Crippen LogP contribution in [0.4, 0.5) is 0 Å². The van der Waals surface area contributed by atoms with Gasteiger partial charge in [-0.1, -0.05) is 6.92 Å². The van der Waals surface area contributed by atoms with Crippen molar-refractivity contribution in [1.82, 2.24) is 9.55 Å². The molecule has 2 aromatic heterocycles. The molecule has 2 atom stereocenters. The van der Waals surface area contributed by atoms with Gasteiger partial charge < -0.3 is 0 Å². The number of ketones is 1. The van der Waals surface area contributed by atoms with Crippen molar-refractivity contribution < 1.29 is 4.79 Å². The average molecular weight is 290 g/mol. The number of rotatable bonds is 2. The highest BCUT2D eigenvalue weighted by atomic mass is 32.1. The predicted octanol–water partition coefficient (Wildman–Crippen LogP) is 2.73. The zero-order chi connectivity index (χ0) is 14.4. The number of Topliss-reactive ketones (excluding diaryl/α,β-unsaturated/α-hetero) is 1. The summed E-state index contributed by atoms with van der Waals surface area (Å²) in [4.78, 5) is 30.7. The van der Waals surface area contributed by atoms with Gasteiger partial charge in [-0.3, -0.25) is 14.2 Å². The van der Waals surface area contributed by atoms with E-state index in [-0.39, 0.29) is 11.3 Å². The Morgan fingerprint density at radius 3 is 3.00 bits per heavy atom. The standard InChI is InChI=1S/C15H18N2O2S/c1-8-4-5-11-12(6-8)20-14-13(11)15(19)17(7-16-14)9(2)10(3)18/h7-9H,4-6H2,1-3H3/t8-,9+/m1/s1. The van der Waals surface area contributed by atoms with Crippen LogP contribution in [-0.4, -0.2) is 15.3 Å². The first-order valence-corrected chi connectivity index (χ1v) is 7.82. The first kappa shape index (κ1) is 13.5. The van der Waals surface area contributed by atoms with Crippen molar-refractivity contribution in [3.63, 3.8) is 0 Å². The normalized spacial score (nSPS) is 19.9. The Morgan fingerprint density at radius 2 is 2.30 bits per heavy atom. The molecule has 0 radical (unpaired) electrons. The van der Waals surface area contributed by atoms with Crippen LogP contribution in [0.25, 0.3) is 10.2 Å². The summed E-state index contributed by atoms with van der Waals surface area (Å²) < 4.78 is 1.47. The Morgan fingerprint density at radius 1 is 1.55 bits per heavy atom. The molecule has 3 rings (SSSR count). The molecule has 1 aliphatic carbocycles. The SMILES string of the molecule is CC(=O)[C@H](C)n1cnc2sc3c(c2c1=O)CC[C@@H](C)C3. The van der Waals surface area contributed by atoms with Crippen LogP contribution in [0.3, 0.4) is 0 Å². The number of aromatic nitrogens is 2. The van der Waals surface area contributed by atoms with Crippen molar-refractivity contribution in [2.45, 2.75) is 46.1 Å². The smallest absolute Gasteiger partial charge is 0.263 e. The minimum atomic E-state index is -0.447. The van der Waals surface area contributed by atoms with Crippen LogP contribution in [0.5, 0.6) is 0 Å². The second kappa shape index (κ2) is 4.81. The number of carbonyl (C=O) groups excluding carboxylic acids is 1. The molecule has 0 spiro atoms. The molecule has 106 valence electrons. The van der Waals surface area contributed by atoms with E-state index in [4.69, 9.17) is 0 Å². The van der Waals surface area contributed by atoms with Gasteiger partial charge in [-0.15, -0.1) is 11.3 Å². The highest BCUT2D eigenvalue weighted by Gasteiger charge is 2.24. The first-order valence-electron chi connectivity index (χ1n) is 7.01. The van der Waals surface area contributed by atoms with Crippen LogP contribution in [0.15, 0.2) is 11.1 Å². The molecule has 0 unspecified atom stereocenters. The van der Waals surface area contributed by atoms with Gasteiger partial charge in [0.1, 0.15) is 4.83 Å². The molecule has 20 heavy (non-hydrogen) atoms. The molecule has 1 aliphatic rings. The number of thiophene rings is 1. The molecular formula is C15H18N2O2S. The minimum Gasteiger partial charge on any atom is -0.298 e. The number of carbonyl (C=O) groups is 1. The monoisotopic (exact) mass is 290 g/mol. The lowest BCUT2D eigenvalue weighted by atomic mass is 9.89. The summed E-state index contributed by atoms with van der Waals surface area (Å²) in [5.41, 5.74) is 1.11. The second-order valence-electron chi connectivity index (χ2n) is 5.78. The van der Waals surface area contributed by atoms with E-state index in [0.29, 0.717) is 5.92 Å². The molecule has 0 saturated carbocycles. The topological polar surface area (TPSA) is 52.0 Å². The largest absolute Gasteiger partial charge is 0.298 e. The fourth-order valence-corrected chi connectivity index (χ4v) is 4.16. The summed E-state index contributed by atoms with van der Waals surface area (Å²) in [5, 5.41) is 0.743. The van der Waals surface area contributed by atoms with Crippen LogP contribution in [0.2, 0.25) is 0 Å². The Labute approximate surface area is 121 Å². The van der Waals surface area contributed by atoms with Crippen LogP contribution in [-0.2, 0) is 17.6 Å². The predicted molar refractivity (Wildman–Crippen MR) is 80.5 cm³/mol. The fourth-order valence-electron chi connectivity index (χ4n) is 2.82. The lowest BCUT2D eigenvalue weighted by molar-refractivity contribution is -0.119. The third kappa shape index (κ3) is 2.00. The highest BCUT2D eigenvalue weighted by molar-refractivity contribution is 7.18. The molecule has 0 fully saturated rings. The lowest BCUT2D eigenvalue weighted by Gasteiger charge is -2.17. The van der Waals surface area contributed by atoms with Crippen molar-refractivity contribution in [2.75, 3.05) is 0 Å². The minimum absolute atomic E-state index is 0.0223. The zero-order valence-corrected chi connectivity index (χ0v) is 12.8. The van der Waals surface area contributed by atoms with Crippen LogP contribution >= 0.6 is 11.3 Å². The second-order valence-corrected chi connectivity index (χ2v) is 6.86. The van der Waals surface area contributed by atoms with Crippen molar-refractivity contribution in [1.29, 1.82) is 0 Å². The van der Waals surface area contributed by atoms with E-state index in [1.54, 1.807) is 18.3 Å². The quantitative estimate of drug-likeness (QED) is 0.854. The Balaban J connectivity index is 2.23. The van der Waals surface area contributed by atoms with Gasteiger partial charge in [-0.2, -0.15) is 0 Å². The molecule has 0 bridgehead atoms. The molecule has 0 aliphatic heterocycles. The molecule has 2 aromatic rings. The van der Waals surface area contributed by atoms with Crippen molar-refractivity contribution in [3.05, 3.63) is 27.1 Å². The highest BCUT2D eigenvalue weighted by Crippen LogP contribution is 2.35. The fraction of sp³-hybridized carbons (Fsp3) is 0.533. The van der Waals surface area contributed by atoms with E-state index in [1.165, 1.54) is 28.3 Å². The van der Waals surface area contributed by atoms with Gasteiger partial charge in [-0.25, -0.2) is 4.98 Å². The molecule has 5 heteroatoms. The summed E-state index contributed by atoms with van der Waals surface area (Å²) in [6.07, 6.45) is 4.63.